The summed E-state index contributed by atoms with van der Waals surface area (Å²) in [5.41, 5.74) is 1.22. The Hall–Kier alpha value is -2.67. The van der Waals surface area contributed by atoms with Crippen LogP contribution in [0.3, 0.4) is 0 Å². The summed E-state index contributed by atoms with van der Waals surface area (Å²) in [6, 6.07) is 9.65. The summed E-state index contributed by atoms with van der Waals surface area (Å²) in [7, 11) is 0. The van der Waals surface area contributed by atoms with E-state index in [0.717, 1.165) is 18.4 Å². The summed E-state index contributed by atoms with van der Waals surface area (Å²) >= 11 is 1.30. The summed E-state index contributed by atoms with van der Waals surface area (Å²) in [6.45, 7) is 5.88. The van der Waals surface area contributed by atoms with Gasteiger partial charge in [-0.25, -0.2) is 9.78 Å². The maximum atomic E-state index is 12.2. The van der Waals surface area contributed by atoms with Gasteiger partial charge in [0.25, 0.3) is 5.91 Å². The molecule has 1 amide bonds. The van der Waals surface area contributed by atoms with Crippen molar-refractivity contribution in [3.05, 3.63) is 59.6 Å². The molecule has 0 spiro atoms. The van der Waals surface area contributed by atoms with Crippen LogP contribution < -0.4 is 10.6 Å². The van der Waals surface area contributed by atoms with Crippen LogP contribution in [0.5, 0.6) is 0 Å². The molecule has 2 rings (SSSR count). The van der Waals surface area contributed by atoms with Crippen molar-refractivity contribution in [1.82, 2.24) is 10.3 Å². The van der Waals surface area contributed by atoms with Crippen molar-refractivity contribution >= 4 is 28.3 Å². The molecular weight excluding hydrogens is 350 g/mol. The van der Waals surface area contributed by atoms with Gasteiger partial charge in [-0.15, -0.1) is 17.9 Å². The molecule has 2 N–H and O–H groups in total. The molecule has 0 fully saturated rings. The highest BCUT2D eigenvalue weighted by molar-refractivity contribution is 7.13. The minimum atomic E-state index is -0.616. The largest absolute Gasteiger partial charge is 0.451 e. The minimum absolute atomic E-state index is 0.0959. The van der Waals surface area contributed by atoms with Crippen LogP contribution in [0.1, 0.15) is 41.9 Å². The summed E-state index contributed by atoms with van der Waals surface area (Å²) in [5.74, 6) is -0.948. The molecule has 0 saturated heterocycles. The standard InChI is InChI=1S/C19H23N3O3S/c1-3-8-15(14-9-6-5-7-10-14)21-17(23)12-25-18(24)16-13-26-19(22-16)20-11-4-2/h4-7,9-10,13,15H,2-3,8,11-12H2,1H3,(H,20,22)(H,21,23)/t15-/m0/s1. The number of rotatable bonds is 10. The van der Waals surface area contributed by atoms with Crippen molar-refractivity contribution < 1.29 is 14.3 Å². The Morgan fingerprint density at radius 2 is 2.12 bits per heavy atom. The second-order valence-corrected chi connectivity index (χ2v) is 6.46. The van der Waals surface area contributed by atoms with Gasteiger partial charge in [0.1, 0.15) is 0 Å². The molecule has 0 aliphatic heterocycles. The zero-order valence-electron chi connectivity index (χ0n) is 14.7. The molecule has 0 radical (unpaired) electrons. The number of benzene rings is 1. The fourth-order valence-corrected chi connectivity index (χ4v) is 3.04. The van der Waals surface area contributed by atoms with Crippen LogP contribution in [-0.4, -0.2) is 30.0 Å². The molecule has 0 saturated carbocycles. The quantitative estimate of drug-likeness (QED) is 0.492. The summed E-state index contributed by atoms with van der Waals surface area (Å²) in [6.07, 6.45) is 3.44. The highest BCUT2D eigenvalue weighted by atomic mass is 32.1. The number of hydrogen-bond donors (Lipinski definition) is 2. The Morgan fingerprint density at radius 3 is 2.81 bits per heavy atom. The number of esters is 1. The molecule has 0 aliphatic carbocycles. The Morgan fingerprint density at radius 1 is 1.35 bits per heavy atom. The zero-order valence-corrected chi connectivity index (χ0v) is 15.6. The minimum Gasteiger partial charge on any atom is -0.451 e. The van der Waals surface area contributed by atoms with Gasteiger partial charge in [0, 0.05) is 11.9 Å². The number of aromatic nitrogens is 1. The van der Waals surface area contributed by atoms with Gasteiger partial charge in [0.2, 0.25) is 0 Å². The number of hydrogen-bond acceptors (Lipinski definition) is 6. The molecule has 0 aliphatic rings. The fourth-order valence-electron chi connectivity index (χ4n) is 2.35. The molecule has 138 valence electrons. The van der Waals surface area contributed by atoms with E-state index in [2.05, 4.69) is 29.1 Å². The van der Waals surface area contributed by atoms with Crippen molar-refractivity contribution in [1.29, 1.82) is 0 Å². The van der Waals surface area contributed by atoms with Gasteiger partial charge >= 0.3 is 5.97 Å². The number of anilines is 1. The van der Waals surface area contributed by atoms with E-state index in [0.29, 0.717) is 11.7 Å². The first kappa shape index (κ1) is 19.7. The monoisotopic (exact) mass is 373 g/mol. The van der Waals surface area contributed by atoms with Crippen LogP contribution in [0.2, 0.25) is 0 Å². The van der Waals surface area contributed by atoms with E-state index in [9.17, 15) is 9.59 Å². The van der Waals surface area contributed by atoms with E-state index in [1.165, 1.54) is 11.3 Å². The normalized spacial score (nSPS) is 11.4. The third-order valence-electron chi connectivity index (χ3n) is 3.56. The lowest BCUT2D eigenvalue weighted by molar-refractivity contribution is -0.125. The molecule has 26 heavy (non-hydrogen) atoms. The number of nitrogens with one attached hydrogen (secondary N) is 2. The Bertz CT molecular complexity index is 731. The van der Waals surface area contributed by atoms with Gasteiger partial charge in [0.05, 0.1) is 6.04 Å². The number of ether oxygens (including phenoxy) is 1. The third-order valence-corrected chi connectivity index (χ3v) is 4.36. The summed E-state index contributed by atoms with van der Waals surface area (Å²) in [5, 5.41) is 8.11. The molecule has 1 atom stereocenters. The lowest BCUT2D eigenvalue weighted by Crippen LogP contribution is -2.32. The van der Waals surface area contributed by atoms with Gasteiger partial charge in [-0.05, 0) is 12.0 Å². The fraction of sp³-hybridized carbons (Fsp3) is 0.316. The van der Waals surface area contributed by atoms with Crippen LogP contribution in [0.15, 0.2) is 48.4 Å². The van der Waals surface area contributed by atoms with Crippen molar-refractivity contribution in [2.75, 3.05) is 18.5 Å². The summed E-state index contributed by atoms with van der Waals surface area (Å²) < 4.78 is 5.07. The van der Waals surface area contributed by atoms with Crippen molar-refractivity contribution in [2.45, 2.75) is 25.8 Å². The molecule has 1 heterocycles. The third kappa shape index (κ3) is 6.00. The van der Waals surface area contributed by atoms with E-state index < -0.39 is 5.97 Å². The number of carbonyl (C=O) groups is 2. The van der Waals surface area contributed by atoms with E-state index in [4.69, 9.17) is 4.74 Å². The molecular formula is C19H23N3O3S. The number of nitrogens with zero attached hydrogens (tertiary/aromatic N) is 1. The molecule has 6 nitrogen and oxygen atoms in total. The van der Waals surface area contributed by atoms with Gasteiger partial charge in [-0.2, -0.15) is 0 Å². The number of amides is 1. The van der Waals surface area contributed by atoms with Crippen molar-refractivity contribution in [3.8, 4) is 0 Å². The first-order valence-corrected chi connectivity index (χ1v) is 9.33. The number of thiazole rings is 1. The van der Waals surface area contributed by atoms with E-state index in [1.54, 1.807) is 11.5 Å². The molecule has 1 aromatic heterocycles. The average Bonchev–Trinajstić information content (AvgIpc) is 3.14. The highest BCUT2D eigenvalue weighted by Crippen LogP contribution is 2.18. The second-order valence-electron chi connectivity index (χ2n) is 5.60. The molecule has 2 aromatic rings. The van der Waals surface area contributed by atoms with Gasteiger partial charge in [0.15, 0.2) is 17.4 Å². The van der Waals surface area contributed by atoms with Gasteiger partial charge in [-0.3, -0.25) is 4.79 Å². The smallest absolute Gasteiger partial charge is 0.358 e. The first-order chi connectivity index (χ1) is 12.6. The van der Waals surface area contributed by atoms with E-state index in [-0.39, 0.29) is 24.2 Å². The van der Waals surface area contributed by atoms with Crippen molar-refractivity contribution in [2.24, 2.45) is 0 Å². The maximum absolute atomic E-state index is 12.2. The molecule has 7 heteroatoms. The Balaban J connectivity index is 1.85. The summed E-state index contributed by atoms with van der Waals surface area (Å²) in [4.78, 5) is 28.3. The Kier molecular flexibility index (Phi) is 7.82. The predicted molar refractivity (Wildman–Crippen MR) is 103 cm³/mol. The number of carbonyl (C=O) groups excluding carboxylic acids is 2. The lowest BCUT2D eigenvalue weighted by Gasteiger charge is -2.18. The SMILES string of the molecule is C=CCNc1nc(C(=O)OCC(=O)N[C@@H](CCC)c2ccccc2)cs1. The average molecular weight is 373 g/mol. The first-order valence-electron chi connectivity index (χ1n) is 8.45. The van der Waals surface area contributed by atoms with Crippen LogP contribution in [0.4, 0.5) is 5.13 Å². The van der Waals surface area contributed by atoms with Crippen LogP contribution in [0, 0.1) is 0 Å². The second kappa shape index (κ2) is 10.4. The highest BCUT2D eigenvalue weighted by Gasteiger charge is 2.17. The van der Waals surface area contributed by atoms with E-state index >= 15 is 0 Å². The lowest BCUT2D eigenvalue weighted by atomic mass is 10.0. The van der Waals surface area contributed by atoms with E-state index in [1.807, 2.05) is 30.3 Å². The van der Waals surface area contributed by atoms with Crippen LogP contribution in [0.25, 0.3) is 0 Å². The van der Waals surface area contributed by atoms with Crippen LogP contribution >= 0.6 is 11.3 Å². The molecule has 0 unspecified atom stereocenters. The van der Waals surface area contributed by atoms with Gasteiger partial charge < -0.3 is 15.4 Å². The molecule has 1 aromatic carbocycles. The maximum Gasteiger partial charge on any atom is 0.358 e. The molecule has 0 bridgehead atoms. The van der Waals surface area contributed by atoms with Gasteiger partial charge in [-0.1, -0.05) is 49.8 Å². The predicted octanol–water partition coefficient (Wildman–Crippen LogP) is 3.56. The van der Waals surface area contributed by atoms with Crippen LogP contribution in [-0.2, 0) is 9.53 Å². The zero-order chi connectivity index (χ0) is 18.8. The van der Waals surface area contributed by atoms with Crippen molar-refractivity contribution in [3.63, 3.8) is 0 Å². The topological polar surface area (TPSA) is 80.3 Å². The Labute approximate surface area is 157 Å².